The highest BCUT2D eigenvalue weighted by atomic mass is 16.5. The van der Waals surface area contributed by atoms with Crippen molar-refractivity contribution in [3.8, 4) is 0 Å². The zero-order valence-corrected chi connectivity index (χ0v) is 14.0. The largest absolute Gasteiger partial charge is 0.351 e. The van der Waals surface area contributed by atoms with Crippen molar-refractivity contribution >= 4 is 22.9 Å². The van der Waals surface area contributed by atoms with E-state index in [1.807, 2.05) is 43.3 Å². The molecule has 5 heteroatoms. The first kappa shape index (κ1) is 16.2. The Labute approximate surface area is 141 Å². The number of rotatable bonds is 5. The molecule has 2 aromatic carbocycles. The molecule has 0 amide bonds. The number of anilines is 2. The highest BCUT2D eigenvalue weighted by molar-refractivity contribution is 6.13. The maximum atomic E-state index is 12.8. The Morgan fingerprint density at radius 2 is 1.83 bits per heavy atom. The van der Waals surface area contributed by atoms with E-state index in [9.17, 15) is 9.59 Å². The van der Waals surface area contributed by atoms with Gasteiger partial charge in [-0.15, -0.1) is 0 Å². The average molecular weight is 324 g/mol. The standard InChI is InChI=1S/C19H20N2O3/c1-4-17(22)13-9-5-7-11-15(13)20-21-16-12-8-6-10-14(16)18(23)19(21,2)24-3/h5-12,20H,4H2,1-3H3/t19-/m1/s1. The molecule has 0 spiro atoms. The van der Waals surface area contributed by atoms with Gasteiger partial charge in [-0.3, -0.25) is 15.0 Å². The minimum atomic E-state index is -1.17. The van der Waals surface area contributed by atoms with Crippen molar-refractivity contribution in [2.45, 2.75) is 26.0 Å². The molecule has 0 unspecified atom stereocenters. The average Bonchev–Trinajstić information content (AvgIpc) is 2.84. The summed E-state index contributed by atoms with van der Waals surface area (Å²) in [6, 6.07) is 14.6. The van der Waals surface area contributed by atoms with Crippen molar-refractivity contribution in [3.63, 3.8) is 0 Å². The summed E-state index contributed by atoms with van der Waals surface area (Å²) in [5, 5.41) is 1.69. The zero-order valence-electron chi connectivity index (χ0n) is 14.0. The van der Waals surface area contributed by atoms with Gasteiger partial charge in [0.2, 0.25) is 11.5 Å². The molecule has 5 nitrogen and oxygen atoms in total. The lowest BCUT2D eigenvalue weighted by Gasteiger charge is -2.35. The van der Waals surface area contributed by atoms with Gasteiger partial charge in [0, 0.05) is 24.7 Å². The van der Waals surface area contributed by atoms with Crippen LogP contribution in [-0.2, 0) is 4.74 Å². The van der Waals surface area contributed by atoms with Crippen LogP contribution in [0.15, 0.2) is 48.5 Å². The summed E-state index contributed by atoms with van der Waals surface area (Å²) in [7, 11) is 1.50. The fraction of sp³-hybridized carbons (Fsp3) is 0.263. The highest BCUT2D eigenvalue weighted by Crippen LogP contribution is 2.39. The summed E-state index contributed by atoms with van der Waals surface area (Å²) in [5.41, 5.74) is 4.61. The van der Waals surface area contributed by atoms with Crippen LogP contribution < -0.4 is 10.4 Å². The van der Waals surface area contributed by atoms with Crippen LogP contribution in [0.3, 0.4) is 0 Å². The second-order valence-corrected chi connectivity index (χ2v) is 5.80. The van der Waals surface area contributed by atoms with Crippen LogP contribution in [0.4, 0.5) is 11.4 Å². The number of Topliss-reactive ketones (excluding diaryl/α,β-unsaturated/α-hetero) is 2. The number of benzene rings is 2. The summed E-state index contributed by atoms with van der Waals surface area (Å²) in [5.74, 6) is -0.0802. The number of hydrogen-bond acceptors (Lipinski definition) is 5. The number of para-hydroxylation sites is 2. The predicted molar refractivity (Wildman–Crippen MR) is 93.4 cm³/mol. The topological polar surface area (TPSA) is 58.6 Å². The van der Waals surface area contributed by atoms with Gasteiger partial charge in [0.05, 0.1) is 11.4 Å². The fourth-order valence-corrected chi connectivity index (χ4v) is 2.93. The van der Waals surface area contributed by atoms with Gasteiger partial charge >= 0.3 is 0 Å². The molecule has 0 aromatic heterocycles. The number of methoxy groups -OCH3 is 1. The van der Waals surface area contributed by atoms with Crippen molar-refractivity contribution in [1.82, 2.24) is 0 Å². The molecule has 1 N–H and O–H groups in total. The maximum Gasteiger partial charge on any atom is 0.219 e. The SMILES string of the molecule is CCC(=O)c1ccccc1NN1c2ccccc2C(=O)[C@@]1(C)OC. The van der Waals surface area contributed by atoms with Crippen LogP contribution in [0.25, 0.3) is 0 Å². The Morgan fingerprint density at radius 1 is 1.17 bits per heavy atom. The van der Waals surface area contributed by atoms with Crippen molar-refractivity contribution < 1.29 is 14.3 Å². The molecule has 24 heavy (non-hydrogen) atoms. The molecule has 2 aromatic rings. The lowest BCUT2D eigenvalue weighted by Crippen LogP contribution is -2.52. The number of ketones is 2. The van der Waals surface area contributed by atoms with E-state index < -0.39 is 5.72 Å². The number of hydrogen-bond donors (Lipinski definition) is 1. The van der Waals surface area contributed by atoms with Crippen molar-refractivity contribution in [3.05, 3.63) is 59.7 Å². The first-order valence-corrected chi connectivity index (χ1v) is 7.91. The maximum absolute atomic E-state index is 12.8. The second-order valence-electron chi connectivity index (χ2n) is 5.80. The Morgan fingerprint density at radius 3 is 2.54 bits per heavy atom. The van der Waals surface area contributed by atoms with Gasteiger partial charge in [0.1, 0.15) is 0 Å². The quantitative estimate of drug-likeness (QED) is 0.850. The second kappa shape index (κ2) is 6.09. The van der Waals surface area contributed by atoms with E-state index in [1.54, 1.807) is 24.1 Å². The normalized spacial score (nSPS) is 19.3. The van der Waals surface area contributed by atoms with Gasteiger partial charge in [-0.2, -0.15) is 0 Å². The van der Waals surface area contributed by atoms with Crippen LogP contribution in [0.5, 0.6) is 0 Å². The van der Waals surface area contributed by atoms with Gasteiger partial charge in [0.15, 0.2) is 5.78 Å². The summed E-state index contributed by atoms with van der Waals surface area (Å²) in [6.07, 6.45) is 0.412. The smallest absolute Gasteiger partial charge is 0.219 e. The molecule has 1 atom stereocenters. The molecule has 0 aliphatic carbocycles. The van der Waals surface area contributed by atoms with E-state index in [-0.39, 0.29) is 11.6 Å². The predicted octanol–water partition coefficient (Wildman–Crippen LogP) is 3.67. The van der Waals surface area contributed by atoms with Crippen molar-refractivity contribution in [2.24, 2.45) is 0 Å². The van der Waals surface area contributed by atoms with E-state index in [1.165, 1.54) is 7.11 Å². The van der Waals surface area contributed by atoms with E-state index in [4.69, 9.17) is 4.74 Å². The Bertz CT molecular complexity index is 803. The first-order valence-electron chi connectivity index (χ1n) is 7.91. The monoisotopic (exact) mass is 324 g/mol. The molecule has 0 bridgehead atoms. The highest BCUT2D eigenvalue weighted by Gasteiger charge is 2.48. The first-order chi connectivity index (χ1) is 11.5. The zero-order chi connectivity index (χ0) is 17.3. The molecule has 0 fully saturated rings. The lowest BCUT2D eigenvalue weighted by atomic mass is 10.1. The molecule has 0 saturated heterocycles. The minimum Gasteiger partial charge on any atom is -0.351 e. The molecule has 0 saturated carbocycles. The van der Waals surface area contributed by atoms with Crippen LogP contribution >= 0.6 is 0 Å². The third kappa shape index (κ3) is 2.37. The van der Waals surface area contributed by atoms with Crippen LogP contribution in [-0.4, -0.2) is 24.4 Å². The van der Waals surface area contributed by atoms with E-state index >= 15 is 0 Å². The number of nitrogens with one attached hydrogen (secondary N) is 1. The van der Waals surface area contributed by atoms with Gasteiger partial charge in [-0.1, -0.05) is 31.2 Å². The molecule has 124 valence electrons. The van der Waals surface area contributed by atoms with E-state index in [2.05, 4.69) is 5.43 Å². The summed E-state index contributed by atoms with van der Waals surface area (Å²) < 4.78 is 5.53. The Balaban J connectivity index is 2.06. The molecule has 0 radical (unpaired) electrons. The summed E-state index contributed by atoms with van der Waals surface area (Å²) in [6.45, 7) is 3.54. The molecular weight excluding hydrogens is 304 g/mol. The number of nitrogens with zero attached hydrogens (tertiary/aromatic N) is 1. The van der Waals surface area contributed by atoms with Gasteiger partial charge < -0.3 is 4.74 Å². The molecular formula is C19H20N2O3. The van der Waals surface area contributed by atoms with Crippen LogP contribution in [0.1, 0.15) is 41.0 Å². The van der Waals surface area contributed by atoms with Crippen molar-refractivity contribution in [1.29, 1.82) is 0 Å². The Hall–Kier alpha value is -2.66. The number of carbonyl (C=O) groups is 2. The molecule has 3 rings (SSSR count). The van der Waals surface area contributed by atoms with Crippen LogP contribution in [0.2, 0.25) is 0 Å². The Kier molecular flexibility index (Phi) is 4.11. The molecule has 1 aliphatic heterocycles. The lowest BCUT2D eigenvalue weighted by molar-refractivity contribution is 0.0179. The number of ether oxygens (including phenoxy) is 1. The number of carbonyl (C=O) groups excluding carboxylic acids is 2. The molecule has 1 aliphatic rings. The van der Waals surface area contributed by atoms with Gasteiger partial charge in [-0.25, -0.2) is 5.01 Å². The van der Waals surface area contributed by atoms with Gasteiger partial charge in [-0.05, 0) is 31.2 Å². The third-order valence-corrected chi connectivity index (χ3v) is 4.42. The minimum absolute atomic E-state index is 0.0380. The van der Waals surface area contributed by atoms with E-state index in [0.717, 1.165) is 5.69 Å². The van der Waals surface area contributed by atoms with Crippen LogP contribution in [0, 0.1) is 0 Å². The summed E-state index contributed by atoms with van der Waals surface area (Å²) >= 11 is 0. The summed E-state index contributed by atoms with van der Waals surface area (Å²) in [4.78, 5) is 24.9. The molecule has 1 heterocycles. The van der Waals surface area contributed by atoms with E-state index in [0.29, 0.717) is 23.2 Å². The number of hydrazine groups is 1. The van der Waals surface area contributed by atoms with Gasteiger partial charge in [0.25, 0.3) is 0 Å². The van der Waals surface area contributed by atoms with Crippen molar-refractivity contribution in [2.75, 3.05) is 17.5 Å². The fourth-order valence-electron chi connectivity index (χ4n) is 2.93. The number of fused-ring (bicyclic) bond motifs is 1. The third-order valence-electron chi connectivity index (χ3n) is 4.42.